The van der Waals surface area contributed by atoms with E-state index in [0.717, 1.165) is 26.1 Å². The number of piperidine rings is 1. The molecule has 1 saturated heterocycles. The topological polar surface area (TPSA) is 16.4 Å². The third kappa shape index (κ3) is 3.07. The average Bonchev–Trinajstić information content (AvgIpc) is 3.06. The molecule has 0 spiro atoms. The van der Waals surface area contributed by atoms with Crippen molar-refractivity contribution in [3.63, 3.8) is 0 Å². The highest BCUT2D eigenvalue weighted by molar-refractivity contribution is 5.81. The molecule has 2 aromatic carbocycles. The van der Waals surface area contributed by atoms with Gasteiger partial charge in [0, 0.05) is 24.0 Å². The predicted octanol–water partition coefficient (Wildman–Crippen LogP) is 5.34. The van der Waals surface area contributed by atoms with Crippen molar-refractivity contribution in [2.75, 3.05) is 13.1 Å². The highest BCUT2D eigenvalue weighted by atomic mass is 19.2. The Bertz CT molecular complexity index is 874. The number of rotatable bonds is 3. The lowest BCUT2D eigenvalue weighted by molar-refractivity contribution is 0.154. The van der Waals surface area contributed by atoms with Gasteiger partial charge in [-0.15, -0.1) is 0 Å². The molecule has 2 atom stereocenters. The molecule has 0 bridgehead atoms. The summed E-state index contributed by atoms with van der Waals surface area (Å²) in [4.78, 5) is 2.38. The number of halogens is 2. The number of benzene rings is 2. The molecule has 3 aromatic rings. The third-order valence-electron chi connectivity index (χ3n) is 5.28. The van der Waals surface area contributed by atoms with Gasteiger partial charge >= 0.3 is 0 Å². The van der Waals surface area contributed by atoms with Gasteiger partial charge in [0.2, 0.25) is 0 Å². The van der Waals surface area contributed by atoms with Gasteiger partial charge in [-0.25, -0.2) is 8.78 Å². The van der Waals surface area contributed by atoms with E-state index in [2.05, 4.69) is 24.0 Å². The lowest BCUT2D eigenvalue weighted by atomic mass is 9.80. The molecule has 0 radical (unpaired) electrons. The number of likely N-dealkylation sites (tertiary alicyclic amines) is 1. The lowest BCUT2D eigenvalue weighted by Crippen LogP contribution is -2.38. The Morgan fingerprint density at radius 1 is 1.16 bits per heavy atom. The van der Waals surface area contributed by atoms with Crippen molar-refractivity contribution >= 4 is 11.0 Å². The van der Waals surface area contributed by atoms with E-state index >= 15 is 0 Å². The van der Waals surface area contributed by atoms with Crippen LogP contribution >= 0.6 is 0 Å². The second-order valence-corrected chi connectivity index (χ2v) is 7.02. The van der Waals surface area contributed by atoms with E-state index in [1.165, 1.54) is 17.9 Å². The van der Waals surface area contributed by atoms with Crippen molar-refractivity contribution in [1.29, 1.82) is 0 Å². The molecule has 2 nitrogen and oxygen atoms in total. The van der Waals surface area contributed by atoms with Crippen molar-refractivity contribution < 1.29 is 13.2 Å². The fourth-order valence-electron chi connectivity index (χ4n) is 4.06. The van der Waals surface area contributed by atoms with Crippen LogP contribution in [0.1, 0.15) is 30.4 Å². The number of fused-ring (bicyclic) bond motifs is 1. The summed E-state index contributed by atoms with van der Waals surface area (Å²) in [5.74, 6) is -1.35. The summed E-state index contributed by atoms with van der Waals surface area (Å²) >= 11 is 0. The van der Waals surface area contributed by atoms with Gasteiger partial charge < -0.3 is 4.42 Å². The Labute approximate surface area is 146 Å². The van der Waals surface area contributed by atoms with Crippen LogP contribution in [0.3, 0.4) is 0 Å². The average molecular weight is 341 g/mol. The normalized spacial score (nSPS) is 21.7. The summed E-state index contributed by atoms with van der Waals surface area (Å²) in [7, 11) is 0. The molecular weight excluding hydrogens is 320 g/mol. The van der Waals surface area contributed by atoms with E-state index in [0.29, 0.717) is 16.5 Å². The van der Waals surface area contributed by atoms with E-state index in [9.17, 15) is 8.78 Å². The predicted molar refractivity (Wildman–Crippen MR) is 94.4 cm³/mol. The third-order valence-corrected chi connectivity index (χ3v) is 5.28. The minimum Gasteiger partial charge on any atom is -0.464 e. The lowest BCUT2D eigenvalue weighted by Gasteiger charge is -2.37. The first kappa shape index (κ1) is 16.3. The van der Waals surface area contributed by atoms with Gasteiger partial charge in [0.15, 0.2) is 11.6 Å². The van der Waals surface area contributed by atoms with E-state index in [1.807, 2.05) is 18.2 Å². The maximum Gasteiger partial charge on any atom is 0.166 e. The van der Waals surface area contributed by atoms with Crippen molar-refractivity contribution in [2.45, 2.75) is 25.8 Å². The first-order chi connectivity index (χ1) is 12.1. The molecule has 0 unspecified atom stereocenters. The van der Waals surface area contributed by atoms with E-state index in [1.54, 1.807) is 6.07 Å². The summed E-state index contributed by atoms with van der Waals surface area (Å²) < 4.78 is 34.1. The molecule has 0 N–H and O–H groups in total. The number of hydrogen-bond donors (Lipinski definition) is 0. The Morgan fingerprint density at radius 2 is 1.96 bits per heavy atom. The quantitative estimate of drug-likeness (QED) is 0.640. The van der Waals surface area contributed by atoms with Gasteiger partial charge in [0.05, 0.1) is 6.26 Å². The van der Waals surface area contributed by atoms with Gasteiger partial charge in [0.1, 0.15) is 5.58 Å². The molecule has 1 aliphatic heterocycles. The Morgan fingerprint density at radius 3 is 2.72 bits per heavy atom. The summed E-state index contributed by atoms with van der Waals surface area (Å²) in [6.45, 7) is 4.72. The molecule has 0 saturated carbocycles. The summed E-state index contributed by atoms with van der Waals surface area (Å²) in [6.07, 6.45) is 2.30. The van der Waals surface area contributed by atoms with Gasteiger partial charge in [0.25, 0.3) is 0 Å². The fourth-order valence-corrected chi connectivity index (χ4v) is 4.06. The van der Waals surface area contributed by atoms with Crippen LogP contribution in [0, 0.1) is 17.6 Å². The molecule has 4 rings (SSSR count). The van der Waals surface area contributed by atoms with Crippen LogP contribution in [-0.4, -0.2) is 18.0 Å². The van der Waals surface area contributed by atoms with Crippen molar-refractivity contribution in [3.8, 4) is 0 Å². The van der Waals surface area contributed by atoms with Crippen molar-refractivity contribution in [2.24, 2.45) is 5.92 Å². The first-order valence-corrected chi connectivity index (χ1v) is 8.75. The molecule has 2 heterocycles. The molecule has 25 heavy (non-hydrogen) atoms. The minimum absolute atomic E-state index is 0.0311. The first-order valence-electron chi connectivity index (χ1n) is 8.75. The highest BCUT2D eigenvalue weighted by Crippen LogP contribution is 2.39. The maximum absolute atomic E-state index is 14.6. The minimum atomic E-state index is -0.789. The Kier molecular flexibility index (Phi) is 4.30. The number of nitrogens with zero attached hydrogens (tertiary/aromatic N) is 1. The van der Waals surface area contributed by atoms with Gasteiger partial charge in [-0.3, -0.25) is 4.90 Å². The largest absolute Gasteiger partial charge is 0.464 e. The van der Waals surface area contributed by atoms with Crippen molar-refractivity contribution in [1.82, 2.24) is 4.90 Å². The Balaban J connectivity index is 1.58. The van der Waals surface area contributed by atoms with E-state index < -0.39 is 11.6 Å². The molecule has 1 aromatic heterocycles. The van der Waals surface area contributed by atoms with Crippen LogP contribution in [0.25, 0.3) is 11.0 Å². The molecule has 1 aliphatic rings. The monoisotopic (exact) mass is 341 g/mol. The fraction of sp³-hybridized carbons (Fsp3) is 0.333. The zero-order valence-electron chi connectivity index (χ0n) is 14.2. The molecule has 0 aliphatic carbocycles. The standard InChI is InChI=1S/C21H21F2NO/c1-14-12-24(13-15-5-3-2-4-6-15)9-7-17(14)19-20(23)18(22)11-16-8-10-25-21(16)19/h2-6,8,10-11,14,17H,7,9,12-13H2,1H3/t14-,17+/m0/s1. The maximum atomic E-state index is 14.6. The Hall–Kier alpha value is -2.20. The second kappa shape index (κ2) is 6.60. The molecular formula is C21H21F2NO. The molecule has 130 valence electrons. The zero-order chi connectivity index (χ0) is 17.4. The zero-order valence-corrected chi connectivity index (χ0v) is 14.2. The molecule has 0 amide bonds. The van der Waals surface area contributed by atoms with Crippen LogP contribution in [-0.2, 0) is 6.54 Å². The van der Waals surface area contributed by atoms with Crippen molar-refractivity contribution in [3.05, 3.63) is 71.5 Å². The summed E-state index contributed by atoms with van der Waals surface area (Å²) in [6, 6.07) is 13.2. The van der Waals surface area contributed by atoms with Crippen LogP contribution in [0.15, 0.2) is 53.1 Å². The highest BCUT2D eigenvalue weighted by Gasteiger charge is 2.32. The SMILES string of the molecule is C[C@H]1CN(Cc2ccccc2)CC[C@H]1c1c(F)c(F)cc2ccoc12. The number of furan rings is 1. The van der Waals surface area contributed by atoms with E-state index in [4.69, 9.17) is 4.42 Å². The molecule has 4 heteroatoms. The number of hydrogen-bond acceptors (Lipinski definition) is 2. The summed E-state index contributed by atoms with van der Waals surface area (Å²) in [5.41, 5.74) is 2.18. The van der Waals surface area contributed by atoms with Gasteiger partial charge in [-0.05, 0) is 42.5 Å². The molecule has 1 fully saturated rings. The smallest absolute Gasteiger partial charge is 0.166 e. The van der Waals surface area contributed by atoms with Gasteiger partial charge in [-0.1, -0.05) is 37.3 Å². The van der Waals surface area contributed by atoms with Crippen LogP contribution in [0.5, 0.6) is 0 Å². The van der Waals surface area contributed by atoms with Crippen LogP contribution in [0.2, 0.25) is 0 Å². The van der Waals surface area contributed by atoms with E-state index in [-0.39, 0.29) is 11.8 Å². The van der Waals surface area contributed by atoms with Crippen LogP contribution < -0.4 is 0 Å². The van der Waals surface area contributed by atoms with Gasteiger partial charge in [-0.2, -0.15) is 0 Å². The second-order valence-electron chi connectivity index (χ2n) is 7.02. The van der Waals surface area contributed by atoms with Crippen LogP contribution in [0.4, 0.5) is 8.78 Å². The summed E-state index contributed by atoms with van der Waals surface area (Å²) in [5, 5.41) is 0.632.